The molecule has 1 aromatic rings. The first kappa shape index (κ1) is 17.3. The van der Waals surface area contributed by atoms with Gasteiger partial charge in [-0.25, -0.2) is 4.39 Å². The zero-order chi connectivity index (χ0) is 13.8. The molecule has 1 aromatic carbocycles. The summed E-state index contributed by atoms with van der Waals surface area (Å²) in [4.78, 5) is 2.54. The average Bonchev–Trinajstić information content (AvgIpc) is 3.18. The maximum Gasteiger partial charge on any atom is 0.123 e. The van der Waals surface area contributed by atoms with E-state index in [1.807, 2.05) is 0 Å². The van der Waals surface area contributed by atoms with Crippen LogP contribution < -0.4 is 4.74 Å². The Morgan fingerprint density at radius 2 is 1.90 bits per heavy atom. The number of rotatable bonds is 7. The second-order valence-electron chi connectivity index (χ2n) is 5.33. The highest BCUT2D eigenvalue weighted by Gasteiger charge is 2.43. The van der Waals surface area contributed by atoms with E-state index in [-0.39, 0.29) is 18.2 Å². The number of hydrogen-bond donors (Lipinski definition) is 0. The fourth-order valence-electron chi connectivity index (χ4n) is 2.93. The lowest BCUT2D eigenvalue weighted by atomic mass is 10.1. The molecule has 1 aliphatic carbocycles. The number of ether oxygens (including phenoxy) is 1. The van der Waals surface area contributed by atoms with Crippen LogP contribution in [0.2, 0.25) is 0 Å². The molecule has 1 saturated carbocycles. The monoisotopic (exact) mass is 301 g/mol. The van der Waals surface area contributed by atoms with Crippen LogP contribution in [-0.2, 0) is 0 Å². The Labute approximate surface area is 127 Å². The number of benzene rings is 1. The van der Waals surface area contributed by atoms with Crippen LogP contribution in [-0.4, -0.2) is 31.1 Å². The molecule has 0 saturated heterocycles. The molecule has 0 heterocycles. The Balaban J connectivity index is 0.00000200. The van der Waals surface area contributed by atoms with Crippen molar-refractivity contribution >= 4 is 12.4 Å². The van der Waals surface area contributed by atoms with Gasteiger partial charge in [0.2, 0.25) is 0 Å². The second-order valence-corrected chi connectivity index (χ2v) is 5.33. The predicted molar refractivity (Wildman–Crippen MR) is 83.5 cm³/mol. The molecular weight excluding hydrogens is 277 g/mol. The third-order valence-electron chi connectivity index (χ3n) is 3.84. The highest BCUT2D eigenvalue weighted by atomic mass is 35.5. The van der Waals surface area contributed by atoms with Crippen molar-refractivity contribution in [1.82, 2.24) is 4.90 Å². The van der Waals surface area contributed by atoms with E-state index in [9.17, 15) is 4.39 Å². The van der Waals surface area contributed by atoms with Crippen molar-refractivity contribution in [3.63, 3.8) is 0 Å². The highest BCUT2D eigenvalue weighted by molar-refractivity contribution is 5.85. The van der Waals surface area contributed by atoms with Crippen molar-refractivity contribution in [2.75, 3.05) is 20.2 Å². The standard InChI is InChI=1S/C16H24FNO.ClH/c1-4-8-18(9-5-2)15-11-13(15)14-10-12(17)6-7-16(14)19-3;/h6-7,10,13,15H,4-5,8-9,11H2,1-3H3;1H. The summed E-state index contributed by atoms with van der Waals surface area (Å²) in [6, 6.07) is 5.41. The lowest BCUT2D eigenvalue weighted by Crippen LogP contribution is -2.28. The Hall–Kier alpha value is -0.800. The van der Waals surface area contributed by atoms with Gasteiger partial charge in [-0.2, -0.15) is 0 Å². The first-order valence-corrected chi connectivity index (χ1v) is 7.28. The van der Waals surface area contributed by atoms with Crippen LogP contribution in [0.25, 0.3) is 0 Å². The minimum atomic E-state index is -0.168. The Kier molecular flexibility index (Phi) is 6.77. The highest BCUT2D eigenvalue weighted by Crippen LogP contribution is 2.48. The lowest BCUT2D eigenvalue weighted by molar-refractivity contribution is 0.259. The normalized spacial score (nSPS) is 20.6. The summed E-state index contributed by atoms with van der Waals surface area (Å²) in [6.07, 6.45) is 3.47. The van der Waals surface area contributed by atoms with E-state index in [0.717, 1.165) is 30.8 Å². The van der Waals surface area contributed by atoms with Crippen LogP contribution in [0, 0.1) is 5.82 Å². The molecule has 0 aliphatic heterocycles. The number of hydrogen-bond acceptors (Lipinski definition) is 2. The van der Waals surface area contributed by atoms with Gasteiger partial charge in [0.25, 0.3) is 0 Å². The number of nitrogens with zero attached hydrogens (tertiary/aromatic N) is 1. The molecule has 2 rings (SSSR count). The maximum absolute atomic E-state index is 13.4. The van der Waals surface area contributed by atoms with Gasteiger partial charge in [0, 0.05) is 17.5 Å². The zero-order valence-corrected chi connectivity index (χ0v) is 13.4. The summed E-state index contributed by atoms with van der Waals surface area (Å²) in [5, 5.41) is 0. The molecule has 2 nitrogen and oxygen atoms in total. The summed E-state index contributed by atoms with van der Waals surface area (Å²) >= 11 is 0. The second kappa shape index (κ2) is 7.84. The molecule has 2 unspecified atom stereocenters. The molecule has 0 aromatic heterocycles. The largest absolute Gasteiger partial charge is 0.496 e. The van der Waals surface area contributed by atoms with Crippen molar-refractivity contribution in [1.29, 1.82) is 0 Å². The van der Waals surface area contributed by atoms with E-state index in [1.54, 1.807) is 19.2 Å². The van der Waals surface area contributed by atoms with E-state index in [4.69, 9.17) is 4.74 Å². The molecule has 0 spiro atoms. The van der Waals surface area contributed by atoms with Crippen molar-refractivity contribution in [3.8, 4) is 5.75 Å². The molecule has 0 amide bonds. The first-order valence-electron chi connectivity index (χ1n) is 7.28. The first-order chi connectivity index (χ1) is 9.21. The van der Waals surface area contributed by atoms with E-state index in [2.05, 4.69) is 18.7 Å². The maximum atomic E-state index is 13.4. The minimum Gasteiger partial charge on any atom is -0.496 e. The summed E-state index contributed by atoms with van der Waals surface area (Å²) in [7, 11) is 1.66. The van der Waals surface area contributed by atoms with Gasteiger partial charge in [0.05, 0.1) is 7.11 Å². The molecule has 1 aliphatic rings. The molecule has 0 bridgehead atoms. The van der Waals surface area contributed by atoms with E-state index in [0.29, 0.717) is 12.0 Å². The number of methoxy groups -OCH3 is 1. The molecular formula is C16H25ClFNO. The van der Waals surface area contributed by atoms with Crippen molar-refractivity contribution in [3.05, 3.63) is 29.6 Å². The van der Waals surface area contributed by atoms with E-state index < -0.39 is 0 Å². The summed E-state index contributed by atoms with van der Waals surface area (Å²) in [6.45, 7) is 6.69. The summed E-state index contributed by atoms with van der Waals surface area (Å²) in [5.74, 6) is 1.09. The third kappa shape index (κ3) is 3.86. The fraction of sp³-hybridized carbons (Fsp3) is 0.625. The SMILES string of the molecule is CCCN(CCC)C1CC1c1cc(F)ccc1OC.Cl. The van der Waals surface area contributed by atoms with Gasteiger partial charge in [-0.3, -0.25) is 4.90 Å². The van der Waals surface area contributed by atoms with Gasteiger partial charge in [-0.05, 0) is 50.6 Å². The quantitative estimate of drug-likeness (QED) is 0.747. The summed E-state index contributed by atoms with van der Waals surface area (Å²) < 4.78 is 18.8. The molecule has 0 radical (unpaired) electrons. The Morgan fingerprint density at radius 1 is 1.25 bits per heavy atom. The smallest absolute Gasteiger partial charge is 0.123 e. The van der Waals surface area contributed by atoms with Gasteiger partial charge in [-0.1, -0.05) is 13.8 Å². The topological polar surface area (TPSA) is 12.5 Å². The zero-order valence-electron chi connectivity index (χ0n) is 12.6. The molecule has 4 heteroatoms. The van der Waals surface area contributed by atoms with Gasteiger partial charge in [0.1, 0.15) is 11.6 Å². The summed E-state index contributed by atoms with van der Waals surface area (Å²) in [5.41, 5.74) is 1.03. The molecule has 1 fully saturated rings. The van der Waals surface area contributed by atoms with Crippen LogP contribution in [0.3, 0.4) is 0 Å². The van der Waals surface area contributed by atoms with Crippen LogP contribution >= 0.6 is 12.4 Å². The van der Waals surface area contributed by atoms with Crippen LogP contribution in [0.5, 0.6) is 5.75 Å². The van der Waals surface area contributed by atoms with E-state index in [1.165, 1.54) is 18.9 Å². The Morgan fingerprint density at radius 3 is 2.45 bits per heavy atom. The molecule has 20 heavy (non-hydrogen) atoms. The molecule has 0 N–H and O–H groups in total. The third-order valence-corrected chi connectivity index (χ3v) is 3.84. The lowest BCUT2D eigenvalue weighted by Gasteiger charge is -2.21. The minimum absolute atomic E-state index is 0. The van der Waals surface area contributed by atoms with Gasteiger partial charge < -0.3 is 4.74 Å². The van der Waals surface area contributed by atoms with Gasteiger partial charge >= 0.3 is 0 Å². The molecule has 2 atom stereocenters. The van der Waals surface area contributed by atoms with Crippen molar-refractivity contribution in [2.24, 2.45) is 0 Å². The Bertz CT molecular complexity index is 421. The van der Waals surface area contributed by atoms with Crippen LogP contribution in [0.1, 0.15) is 44.6 Å². The van der Waals surface area contributed by atoms with E-state index >= 15 is 0 Å². The predicted octanol–water partition coefficient (Wildman–Crippen LogP) is 4.23. The van der Waals surface area contributed by atoms with Crippen LogP contribution in [0.15, 0.2) is 18.2 Å². The van der Waals surface area contributed by atoms with Crippen molar-refractivity contribution in [2.45, 2.75) is 45.1 Å². The van der Waals surface area contributed by atoms with Gasteiger partial charge in [-0.15, -0.1) is 12.4 Å². The van der Waals surface area contributed by atoms with Crippen LogP contribution in [0.4, 0.5) is 4.39 Å². The average molecular weight is 302 g/mol. The number of halogens is 2. The van der Waals surface area contributed by atoms with Crippen molar-refractivity contribution < 1.29 is 9.13 Å². The molecule has 114 valence electrons. The van der Waals surface area contributed by atoms with Gasteiger partial charge in [0.15, 0.2) is 0 Å². The fourth-order valence-corrected chi connectivity index (χ4v) is 2.93.